The molecule has 1 N–H and O–H groups in total. The zero-order valence-electron chi connectivity index (χ0n) is 11.5. The molecule has 0 spiro atoms. The van der Waals surface area contributed by atoms with Crippen molar-refractivity contribution in [2.75, 3.05) is 13.1 Å². The fourth-order valence-corrected chi connectivity index (χ4v) is 3.01. The highest BCUT2D eigenvalue weighted by atomic mass is 35.5. The summed E-state index contributed by atoms with van der Waals surface area (Å²) in [7, 11) is 0. The SMILES string of the molecule is CCCNCC(CC)(CC)c1ccc(Cl)cc1Cl. The van der Waals surface area contributed by atoms with E-state index in [1.807, 2.05) is 12.1 Å². The van der Waals surface area contributed by atoms with Crippen LogP contribution in [-0.4, -0.2) is 13.1 Å². The summed E-state index contributed by atoms with van der Waals surface area (Å²) in [5.41, 5.74) is 1.32. The van der Waals surface area contributed by atoms with Crippen molar-refractivity contribution in [1.82, 2.24) is 5.32 Å². The van der Waals surface area contributed by atoms with E-state index in [1.54, 1.807) is 0 Å². The minimum Gasteiger partial charge on any atom is -0.316 e. The third-order valence-electron chi connectivity index (χ3n) is 3.75. The molecule has 0 aliphatic heterocycles. The van der Waals surface area contributed by atoms with Crippen LogP contribution in [0.1, 0.15) is 45.6 Å². The van der Waals surface area contributed by atoms with Gasteiger partial charge in [0.1, 0.15) is 0 Å². The van der Waals surface area contributed by atoms with E-state index in [0.29, 0.717) is 5.02 Å². The van der Waals surface area contributed by atoms with Gasteiger partial charge >= 0.3 is 0 Å². The normalized spacial score (nSPS) is 11.8. The van der Waals surface area contributed by atoms with Gasteiger partial charge in [-0.15, -0.1) is 0 Å². The Morgan fingerprint density at radius 1 is 1.11 bits per heavy atom. The van der Waals surface area contributed by atoms with Crippen LogP contribution in [0.4, 0.5) is 0 Å². The van der Waals surface area contributed by atoms with Gasteiger partial charge in [-0.1, -0.05) is 50.0 Å². The van der Waals surface area contributed by atoms with Crippen molar-refractivity contribution < 1.29 is 0 Å². The van der Waals surface area contributed by atoms with Gasteiger partial charge in [-0.3, -0.25) is 0 Å². The van der Waals surface area contributed by atoms with Crippen molar-refractivity contribution in [3.8, 4) is 0 Å². The summed E-state index contributed by atoms with van der Waals surface area (Å²) in [5, 5.41) is 5.01. The molecular formula is C15H23Cl2N. The third kappa shape index (κ3) is 3.63. The standard InChI is InChI=1S/C15H23Cl2N/c1-4-9-18-11-15(5-2,6-3)13-8-7-12(16)10-14(13)17/h7-8,10,18H,4-6,9,11H2,1-3H3. The van der Waals surface area contributed by atoms with Crippen LogP contribution in [-0.2, 0) is 5.41 Å². The molecule has 0 aliphatic rings. The average molecular weight is 288 g/mol. The van der Waals surface area contributed by atoms with Crippen LogP contribution in [0.5, 0.6) is 0 Å². The van der Waals surface area contributed by atoms with Crippen LogP contribution in [0.25, 0.3) is 0 Å². The number of hydrogen-bond donors (Lipinski definition) is 1. The van der Waals surface area contributed by atoms with Crippen LogP contribution in [0.2, 0.25) is 10.0 Å². The van der Waals surface area contributed by atoms with Gasteiger partial charge in [0.15, 0.2) is 0 Å². The highest BCUT2D eigenvalue weighted by Crippen LogP contribution is 2.36. The topological polar surface area (TPSA) is 12.0 Å². The quantitative estimate of drug-likeness (QED) is 0.692. The van der Waals surface area contributed by atoms with E-state index in [-0.39, 0.29) is 5.41 Å². The van der Waals surface area contributed by atoms with Gasteiger partial charge in [0.2, 0.25) is 0 Å². The van der Waals surface area contributed by atoms with Crippen LogP contribution in [0.3, 0.4) is 0 Å². The molecule has 0 radical (unpaired) electrons. The first-order valence-electron chi connectivity index (χ1n) is 6.76. The Balaban J connectivity index is 3.01. The van der Waals surface area contributed by atoms with E-state index in [4.69, 9.17) is 23.2 Å². The minimum absolute atomic E-state index is 0.108. The Kier molecular flexibility index (Phi) is 6.48. The van der Waals surface area contributed by atoms with Crippen molar-refractivity contribution in [3.63, 3.8) is 0 Å². The van der Waals surface area contributed by atoms with Gasteiger partial charge in [0, 0.05) is 22.0 Å². The molecule has 0 saturated heterocycles. The first-order valence-corrected chi connectivity index (χ1v) is 7.51. The van der Waals surface area contributed by atoms with Crippen LogP contribution in [0.15, 0.2) is 18.2 Å². The van der Waals surface area contributed by atoms with Gasteiger partial charge < -0.3 is 5.32 Å². The summed E-state index contributed by atoms with van der Waals surface area (Å²) >= 11 is 12.4. The molecule has 0 aliphatic carbocycles. The maximum absolute atomic E-state index is 6.37. The van der Waals surface area contributed by atoms with E-state index in [9.17, 15) is 0 Å². The number of hydrogen-bond acceptors (Lipinski definition) is 1. The number of rotatable bonds is 7. The second kappa shape index (κ2) is 7.37. The zero-order chi connectivity index (χ0) is 13.6. The van der Waals surface area contributed by atoms with Gasteiger partial charge in [-0.2, -0.15) is 0 Å². The fourth-order valence-electron chi connectivity index (χ4n) is 2.40. The lowest BCUT2D eigenvalue weighted by Gasteiger charge is -2.33. The molecule has 0 saturated carbocycles. The van der Waals surface area contributed by atoms with Crippen molar-refractivity contribution in [3.05, 3.63) is 33.8 Å². The summed E-state index contributed by atoms with van der Waals surface area (Å²) in [4.78, 5) is 0. The molecule has 3 heteroatoms. The molecule has 102 valence electrons. The van der Waals surface area contributed by atoms with E-state index >= 15 is 0 Å². The molecule has 0 bridgehead atoms. The summed E-state index contributed by atoms with van der Waals surface area (Å²) in [5.74, 6) is 0. The lowest BCUT2D eigenvalue weighted by molar-refractivity contribution is 0.369. The Hall–Kier alpha value is -0.240. The predicted octanol–water partition coefficient (Wildman–Crippen LogP) is 5.05. The molecule has 1 aromatic rings. The first kappa shape index (κ1) is 15.8. The molecule has 1 rings (SSSR count). The van der Waals surface area contributed by atoms with Crippen LogP contribution in [0, 0.1) is 0 Å². The van der Waals surface area contributed by atoms with Crippen molar-refractivity contribution in [2.45, 2.75) is 45.4 Å². The lowest BCUT2D eigenvalue weighted by Crippen LogP contribution is -2.38. The summed E-state index contributed by atoms with van der Waals surface area (Å²) in [6.45, 7) is 8.65. The van der Waals surface area contributed by atoms with Gasteiger partial charge in [-0.25, -0.2) is 0 Å². The third-order valence-corrected chi connectivity index (χ3v) is 4.29. The molecule has 18 heavy (non-hydrogen) atoms. The van der Waals surface area contributed by atoms with Crippen molar-refractivity contribution >= 4 is 23.2 Å². The van der Waals surface area contributed by atoms with Crippen LogP contribution < -0.4 is 5.32 Å². The van der Waals surface area contributed by atoms with E-state index in [0.717, 1.165) is 37.4 Å². The van der Waals surface area contributed by atoms with Crippen molar-refractivity contribution in [1.29, 1.82) is 0 Å². The van der Waals surface area contributed by atoms with E-state index in [2.05, 4.69) is 32.2 Å². The average Bonchev–Trinajstić information content (AvgIpc) is 2.36. The molecule has 0 fully saturated rings. The summed E-state index contributed by atoms with van der Waals surface area (Å²) in [6.07, 6.45) is 3.29. The number of halogens is 2. The highest BCUT2D eigenvalue weighted by Gasteiger charge is 2.30. The molecule has 0 unspecified atom stereocenters. The molecule has 1 aromatic carbocycles. The molecule has 0 amide bonds. The van der Waals surface area contributed by atoms with Crippen molar-refractivity contribution in [2.24, 2.45) is 0 Å². The Labute approximate surface area is 121 Å². The number of nitrogens with one attached hydrogen (secondary N) is 1. The van der Waals surface area contributed by atoms with Gasteiger partial charge in [0.25, 0.3) is 0 Å². The lowest BCUT2D eigenvalue weighted by atomic mass is 9.75. The van der Waals surface area contributed by atoms with Gasteiger partial charge in [-0.05, 0) is 43.5 Å². The van der Waals surface area contributed by atoms with E-state index in [1.165, 1.54) is 5.56 Å². The smallest absolute Gasteiger partial charge is 0.0458 e. The second-order valence-electron chi connectivity index (χ2n) is 4.79. The second-order valence-corrected chi connectivity index (χ2v) is 5.63. The van der Waals surface area contributed by atoms with Crippen LogP contribution >= 0.6 is 23.2 Å². The number of benzene rings is 1. The molecule has 1 nitrogen and oxygen atoms in total. The first-order chi connectivity index (χ1) is 8.59. The molecule has 0 aromatic heterocycles. The maximum atomic E-state index is 6.37. The Morgan fingerprint density at radius 2 is 1.78 bits per heavy atom. The summed E-state index contributed by atoms with van der Waals surface area (Å²) in [6, 6.07) is 5.85. The highest BCUT2D eigenvalue weighted by molar-refractivity contribution is 6.35. The summed E-state index contributed by atoms with van der Waals surface area (Å²) < 4.78 is 0. The maximum Gasteiger partial charge on any atom is 0.0458 e. The largest absolute Gasteiger partial charge is 0.316 e. The fraction of sp³-hybridized carbons (Fsp3) is 0.600. The zero-order valence-corrected chi connectivity index (χ0v) is 13.0. The predicted molar refractivity (Wildman–Crippen MR) is 81.9 cm³/mol. The molecular weight excluding hydrogens is 265 g/mol. The minimum atomic E-state index is 0.108. The molecule has 0 heterocycles. The molecule has 0 atom stereocenters. The Bertz CT molecular complexity index is 373. The monoisotopic (exact) mass is 287 g/mol. The Morgan fingerprint density at radius 3 is 2.28 bits per heavy atom. The van der Waals surface area contributed by atoms with Gasteiger partial charge in [0.05, 0.1) is 0 Å². The van der Waals surface area contributed by atoms with E-state index < -0.39 is 0 Å².